The van der Waals surface area contributed by atoms with E-state index in [4.69, 9.17) is 46.4 Å². The van der Waals surface area contributed by atoms with Gasteiger partial charge >= 0.3 is 0 Å². The lowest BCUT2D eigenvalue weighted by atomic mass is 10.3. The van der Waals surface area contributed by atoms with Crippen LogP contribution in [0.1, 0.15) is 10.5 Å². The van der Waals surface area contributed by atoms with Gasteiger partial charge in [0, 0.05) is 20.3 Å². The molecule has 1 amide bonds. The summed E-state index contributed by atoms with van der Waals surface area (Å²) in [7, 11) is 3.61. The van der Waals surface area contributed by atoms with E-state index in [0.29, 0.717) is 11.5 Å². The number of nitrogens with zero attached hydrogens (tertiary/aromatic N) is 3. The van der Waals surface area contributed by atoms with E-state index in [1.54, 1.807) is 37.3 Å². The number of amides is 1. The van der Waals surface area contributed by atoms with Gasteiger partial charge in [-0.15, -0.1) is 0 Å². The number of halogens is 4. The molecule has 0 radical (unpaired) electrons. The fourth-order valence-corrected chi connectivity index (χ4v) is 2.48. The van der Waals surface area contributed by atoms with Gasteiger partial charge in [-0.3, -0.25) is 4.79 Å². The second-order valence-corrected chi connectivity index (χ2v) is 5.91. The molecule has 0 aliphatic rings. The number of carbonyl (C=O) groups excluding carboxylic acids is 1. The number of aromatic nitrogens is 2. The minimum absolute atomic E-state index is 0.000224. The lowest BCUT2D eigenvalue weighted by Crippen LogP contribution is -2.19. The van der Waals surface area contributed by atoms with Gasteiger partial charge in [0.2, 0.25) is 0 Å². The van der Waals surface area contributed by atoms with Gasteiger partial charge in [0.05, 0.1) is 20.8 Å². The molecule has 2 rings (SSSR count). The molecule has 22 heavy (non-hydrogen) atoms. The molecule has 2 aromatic rings. The van der Waals surface area contributed by atoms with Crippen molar-refractivity contribution in [2.75, 3.05) is 24.3 Å². The zero-order valence-electron chi connectivity index (χ0n) is 11.5. The molecule has 0 bridgehead atoms. The molecule has 0 atom stereocenters. The quantitative estimate of drug-likeness (QED) is 0.802. The van der Waals surface area contributed by atoms with E-state index in [-0.39, 0.29) is 25.9 Å². The molecule has 0 aliphatic carbocycles. The molecule has 9 heteroatoms. The molecule has 0 fully saturated rings. The highest BCUT2D eigenvalue weighted by molar-refractivity contribution is 6.52. The van der Waals surface area contributed by atoms with Crippen LogP contribution >= 0.6 is 46.4 Å². The summed E-state index contributed by atoms with van der Waals surface area (Å²) in [5.41, 5.74) is 0.382. The molecule has 116 valence electrons. The Morgan fingerprint density at radius 3 is 2.45 bits per heavy atom. The van der Waals surface area contributed by atoms with E-state index in [1.165, 1.54) is 0 Å². The van der Waals surface area contributed by atoms with Crippen molar-refractivity contribution < 1.29 is 4.79 Å². The van der Waals surface area contributed by atoms with Gasteiger partial charge in [-0.2, -0.15) is 0 Å². The first-order valence-electron chi connectivity index (χ1n) is 5.96. The third-order valence-corrected chi connectivity index (χ3v) is 4.34. The van der Waals surface area contributed by atoms with Gasteiger partial charge in [-0.1, -0.05) is 46.4 Å². The van der Waals surface area contributed by atoms with Crippen molar-refractivity contribution in [3.8, 4) is 0 Å². The fourth-order valence-electron chi connectivity index (χ4n) is 1.67. The molecule has 2 heterocycles. The number of carbonyl (C=O) groups is 1. The van der Waals surface area contributed by atoms with E-state index >= 15 is 0 Å². The van der Waals surface area contributed by atoms with Gasteiger partial charge in [-0.25, -0.2) is 9.97 Å². The second-order valence-electron chi connectivity index (χ2n) is 4.42. The maximum Gasteiger partial charge on any atom is 0.276 e. The lowest BCUT2D eigenvalue weighted by Gasteiger charge is -2.16. The third-order valence-electron chi connectivity index (χ3n) is 2.66. The van der Waals surface area contributed by atoms with E-state index in [0.717, 1.165) is 0 Å². The molecule has 5 nitrogen and oxygen atoms in total. The van der Waals surface area contributed by atoms with Crippen molar-refractivity contribution in [3.05, 3.63) is 44.2 Å². The topological polar surface area (TPSA) is 58.1 Å². The standard InChI is InChI=1S/C13H10Cl4N4O/c1-21(2)12-6(4-3-5-18-12)19-13(22)10-8(15)7(14)9(16)11(17)20-10/h3-5H,1-2H3,(H,19,22). The highest BCUT2D eigenvalue weighted by atomic mass is 35.5. The average Bonchev–Trinajstić information content (AvgIpc) is 2.49. The SMILES string of the molecule is CN(C)c1ncccc1NC(=O)c1nc(Cl)c(Cl)c(Cl)c1Cl. The Kier molecular flexibility index (Phi) is 5.34. The summed E-state index contributed by atoms with van der Waals surface area (Å²) in [6, 6.07) is 3.40. The van der Waals surface area contributed by atoms with Crippen molar-refractivity contribution in [1.29, 1.82) is 0 Å². The molecule has 0 unspecified atom stereocenters. The van der Waals surface area contributed by atoms with E-state index in [1.807, 2.05) is 0 Å². The molecule has 0 spiro atoms. The first kappa shape index (κ1) is 17.1. The highest BCUT2D eigenvalue weighted by Crippen LogP contribution is 2.36. The smallest absolute Gasteiger partial charge is 0.276 e. The minimum Gasteiger partial charge on any atom is -0.361 e. The van der Waals surface area contributed by atoms with Crippen LogP contribution in [0.4, 0.5) is 11.5 Å². The summed E-state index contributed by atoms with van der Waals surface area (Å²) in [5, 5.41) is 2.49. The Labute approximate surface area is 147 Å². The first-order chi connectivity index (χ1) is 10.3. The third kappa shape index (κ3) is 3.38. The van der Waals surface area contributed by atoms with Gasteiger partial charge in [0.1, 0.15) is 10.8 Å². The maximum atomic E-state index is 12.4. The summed E-state index contributed by atoms with van der Waals surface area (Å²) in [6.07, 6.45) is 1.62. The van der Waals surface area contributed by atoms with Crippen LogP contribution in [0.3, 0.4) is 0 Å². The summed E-state index contributed by atoms with van der Waals surface area (Å²) >= 11 is 23.6. The largest absolute Gasteiger partial charge is 0.361 e. The van der Waals surface area contributed by atoms with Crippen LogP contribution in [-0.4, -0.2) is 30.0 Å². The second kappa shape index (κ2) is 6.87. The van der Waals surface area contributed by atoms with Gasteiger partial charge in [-0.05, 0) is 12.1 Å². The minimum atomic E-state index is -0.568. The van der Waals surface area contributed by atoms with E-state index in [9.17, 15) is 4.79 Å². The number of rotatable bonds is 3. The molecule has 0 saturated carbocycles. The Morgan fingerprint density at radius 2 is 1.82 bits per heavy atom. The molecule has 0 aromatic carbocycles. The zero-order valence-corrected chi connectivity index (χ0v) is 14.5. The van der Waals surface area contributed by atoms with Crippen LogP contribution < -0.4 is 10.2 Å². The molecule has 2 aromatic heterocycles. The number of nitrogens with one attached hydrogen (secondary N) is 1. The van der Waals surface area contributed by atoms with Gasteiger partial charge < -0.3 is 10.2 Å². The Bertz CT molecular complexity index is 736. The number of hydrogen-bond donors (Lipinski definition) is 1. The van der Waals surface area contributed by atoms with Crippen molar-refractivity contribution in [2.45, 2.75) is 0 Å². The monoisotopic (exact) mass is 378 g/mol. The highest BCUT2D eigenvalue weighted by Gasteiger charge is 2.21. The van der Waals surface area contributed by atoms with Gasteiger partial charge in [0.25, 0.3) is 5.91 Å². The van der Waals surface area contributed by atoms with E-state index < -0.39 is 5.91 Å². The molecule has 0 saturated heterocycles. The average molecular weight is 380 g/mol. The predicted molar refractivity (Wildman–Crippen MR) is 90.8 cm³/mol. The molecular weight excluding hydrogens is 370 g/mol. The maximum absolute atomic E-state index is 12.4. The molecule has 0 aliphatic heterocycles. The summed E-state index contributed by atoms with van der Waals surface area (Å²) in [6.45, 7) is 0. The Hall–Kier alpha value is -1.27. The number of pyridine rings is 2. The zero-order chi connectivity index (χ0) is 16.4. The molecular formula is C13H10Cl4N4O. The summed E-state index contributed by atoms with van der Waals surface area (Å²) in [4.78, 5) is 22.2. The van der Waals surface area contributed by atoms with Crippen molar-refractivity contribution in [1.82, 2.24) is 9.97 Å². The summed E-state index contributed by atoms with van der Waals surface area (Å²) in [5.74, 6) is 0.0136. The van der Waals surface area contributed by atoms with Crippen LogP contribution in [0.15, 0.2) is 18.3 Å². The van der Waals surface area contributed by atoms with Crippen LogP contribution in [0.5, 0.6) is 0 Å². The Morgan fingerprint density at radius 1 is 1.14 bits per heavy atom. The predicted octanol–water partition coefficient (Wildman–Crippen LogP) is 4.41. The van der Waals surface area contributed by atoms with Crippen molar-refractivity contribution in [3.63, 3.8) is 0 Å². The van der Waals surface area contributed by atoms with Crippen LogP contribution in [0.25, 0.3) is 0 Å². The Balaban J connectivity index is 2.39. The molecule has 1 N–H and O–H groups in total. The van der Waals surface area contributed by atoms with Crippen LogP contribution in [0.2, 0.25) is 20.2 Å². The lowest BCUT2D eigenvalue weighted by molar-refractivity contribution is 0.102. The summed E-state index contributed by atoms with van der Waals surface area (Å²) < 4.78 is 0. The van der Waals surface area contributed by atoms with Crippen molar-refractivity contribution >= 4 is 63.8 Å². The van der Waals surface area contributed by atoms with E-state index in [2.05, 4.69) is 15.3 Å². The van der Waals surface area contributed by atoms with Crippen LogP contribution in [0, 0.1) is 0 Å². The normalized spacial score (nSPS) is 10.5. The first-order valence-corrected chi connectivity index (χ1v) is 7.47. The van der Waals surface area contributed by atoms with Gasteiger partial charge in [0.15, 0.2) is 5.82 Å². The number of anilines is 2. The van der Waals surface area contributed by atoms with Crippen LogP contribution in [-0.2, 0) is 0 Å². The number of hydrogen-bond acceptors (Lipinski definition) is 4. The van der Waals surface area contributed by atoms with Crippen molar-refractivity contribution in [2.24, 2.45) is 0 Å². The fraction of sp³-hybridized carbons (Fsp3) is 0.154.